The van der Waals surface area contributed by atoms with Crippen LogP contribution < -0.4 is 0 Å². The third-order valence-corrected chi connectivity index (χ3v) is 3.98. The molecule has 1 aliphatic carbocycles. The second kappa shape index (κ2) is 4.53. The third kappa shape index (κ3) is 2.03. The zero-order chi connectivity index (χ0) is 13.4. The molecule has 0 fully saturated rings. The number of benzene rings is 1. The predicted octanol–water partition coefficient (Wildman–Crippen LogP) is 2.69. The Morgan fingerprint density at radius 2 is 2.21 bits per heavy atom. The van der Waals surface area contributed by atoms with Crippen molar-refractivity contribution in [1.29, 1.82) is 0 Å². The molecule has 0 spiro atoms. The van der Waals surface area contributed by atoms with Crippen LogP contribution in [-0.2, 0) is 12.8 Å². The van der Waals surface area contributed by atoms with E-state index >= 15 is 0 Å². The lowest BCUT2D eigenvalue weighted by atomic mass is 9.80. The molecule has 1 aliphatic rings. The van der Waals surface area contributed by atoms with Crippen molar-refractivity contribution >= 4 is 5.97 Å². The zero-order valence-electron chi connectivity index (χ0n) is 10.8. The van der Waals surface area contributed by atoms with Gasteiger partial charge in [-0.05, 0) is 43.2 Å². The molecule has 1 aromatic carbocycles. The van der Waals surface area contributed by atoms with Gasteiger partial charge in [0.2, 0.25) is 0 Å². The number of carboxylic acids is 1. The molecule has 1 unspecified atom stereocenters. The van der Waals surface area contributed by atoms with Crippen LogP contribution in [0.4, 0.5) is 0 Å². The number of fused-ring (bicyclic) bond motifs is 1. The van der Waals surface area contributed by atoms with E-state index in [2.05, 4.69) is 29.3 Å². The maximum Gasteiger partial charge on any atom is 0.356 e. The van der Waals surface area contributed by atoms with Crippen molar-refractivity contribution in [2.24, 2.45) is 0 Å². The Morgan fingerprint density at radius 1 is 1.42 bits per heavy atom. The van der Waals surface area contributed by atoms with E-state index in [1.54, 1.807) is 0 Å². The summed E-state index contributed by atoms with van der Waals surface area (Å²) in [6.45, 7) is 2.11. The van der Waals surface area contributed by atoms with Gasteiger partial charge in [-0.15, -0.1) is 0 Å². The van der Waals surface area contributed by atoms with E-state index in [9.17, 15) is 4.79 Å². The first-order chi connectivity index (χ1) is 9.16. The average Bonchev–Trinajstić information content (AvgIpc) is 2.82. The molecule has 4 heteroatoms. The maximum atomic E-state index is 11.2. The molecular weight excluding hydrogens is 240 g/mol. The highest BCUT2D eigenvalue weighted by molar-refractivity contribution is 5.87. The minimum absolute atomic E-state index is 0.188. The van der Waals surface area contributed by atoms with Crippen LogP contribution in [0.15, 0.2) is 24.3 Å². The summed E-state index contributed by atoms with van der Waals surface area (Å²) in [5.41, 5.74) is 4.66. The highest BCUT2D eigenvalue weighted by atomic mass is 16.4. The number of H-pyrrole nitrogens is 1. The molecule has 1 aromatic heterocycles. The van der Waals surface area contributed by atoms with Crippen molar-refractivity contribution < 1.29 is 9.90 Å². The molecule has 0 amide bonds. The van der Waals surface area contributed by atoms with Crippen molar-refractivity contribution in [2.45, 2.75) is 32.1 Å². The molecule has 1 heterocycles. The Hall–Kier alpha value is -2.10. The fourth-order valence-electron chi connectivity index (χ4n) is 2.98. The summed E-state index contributed by atoms with van der Waals surface area (Å²) in [7, 11) is 0. The summed E-state index contributed by atoms with van der Waals surface area (Å²) < 4.78 is 0. The minimum atomic E-state index is -0.942. The summed E-state index contributed by atoms with van der Waals surface area (Å²) in [6, 6.07) is 8.34. The summed E-state index contributed by atoms with van der Waals surface area (Å²) in [4.78, 5) is 11.2. The van der Waals surface area contributed by atoms with Gasteiger partial charge in [0.25, 0.3) is 0 Å². The first-order valence-electron chi connectivity index (χ1n) is 6.51. The van der Waals surface area contributed by atoms with Crippen LogP contribution in [0.5, 0.6) is 0 Å². The van der Waals surface area contributed by atoms with E-state index in [0.29, 0.717) is 5.92 Å². The molecule has 0 bridgehead atoms. The topological polar surface area (TPSA) is 66.0 Å². The Labute approximate surface area is 111 Å². The summed E-state index contributed by atoms with van der Waals surface area (Å²) in [6.07, 6.45) is 2.67. The Kier molecular flexibility index (Phi) is 2.85. The zero-order valence-corrected chi connectivity index (χ0v) is 10.8. The van der Waals surface area contributed by atoms with Crippen LogP contribution in [0.25, 0.3) is 0 Å². The predicted molar refractivity (Wildman–Crippen MR) is 71.5 cm³/mol. The number of rotatable bonds is 2. The van der Waals surface area contributed by atoms with Gasteiger partial charge in [0.15, 0.2) is 5.69 Å². The molecule has 2 aromatic rings. The van der Waals surface area contributed by atoms with E-state index in [1.165, 1.54) is 11.1 Å². The van der Waals surface area contributed by atoms with E-state index in [0.717, 1.165) is 30.5 Å². The highest BCUT2D eigenvalue weighted by Crippen LogP contribution is 2.34. The molecule has 4 nitrogen and oxygen atoms in total. The fraction of sp³-hybridized carbons (Fsp3) is 0.333. The van der Waals surface area contributed by atoms with Crippen molar-refractivity contribution in [3.8, 4) is 0 Å². The normalized spacial score (nSPS) is 18.1. The number of hydrogen-bond acceptors (Lipinski definition) is 2. The van der Waals surface area contributed by atoms with Gasteiger partial charge in [0, 0.05) is 11.3 Å². The number of hydrogen-bond donors (Lipinski definition) is 2. The smallest absolute Gasteiger partial charge is 0.356 e. The lowest BCUT2D eigenvalue weighted by molar-refractivity contribution is 0.0689. The second-order valence-corrected chi connectivity index (χ2v) is 5.13. The number of nitrogens with zero attached hydrogens (tertiary/aromatic N) is 1. The van der Waals surface area contributed by atoms with Crippen LogP contribution in [0.1, 0.15) is 45.2 Å². The van der Waals surface area contributed by atoms with Gasteiger partial charge in [-0.3, -0.25) is 5.10 Å². The largest absolute Gasteiger partial charge is 0.476 e. The van der Waals surface area contributed by atoms with Gasteiger partial charge in [0.1, 0.15) is 0 Å². The van der Waals surface area contributed by atoms with Gasteiger partial charge in [-0.1, -0.05) is 24.3 Å². The number of aromatic carboxylic acids is 1. The Morgan fingerprint density at radius 3 is 2.95 bits per heavy atom. The standard InChI is InChI=1S/C15H16N2O2/c1-9-4-2-3-5-11(9)10-6-7-13-12(8-10)14(15(18)19)17-16-13/h2-5,10H,6-8H2,1H3,(H,16,17)(H,18,19). The number of nitrogens with one attached hydrogen (secondary N) is 1. The quantitative estimate of drug-likeness (QED) is 0.868. The van der Waals surface area contributed by atoms with Crippen molar-refractivity contribution in [3.63, 3.8) is 0 Å². The Balaban J connectivity index is 1.96. The minimum Gasteiger partial charge on any atom is -0.476 e. The molecular formula is C15H16N2O2. The first-order valence-corrected chi connectivity index (χ1v) is 6.51. The van der Waals surface area contributed by atoms with E-state index in [4.69, 9.17) is 5.11 Å². The molecule has 2 N–H and O–H groups in total. The van der Waals surface area contributed by atoms with Gasteiger partial charge in [0.05, 0.1) is 0 Å². The van der Waals surface area contributed by atoms with Crippen molar-refractivity contribution in [2.75, 3.05) is 0 Å². The molecule has 0 saturated carbocycles. The first kappa shape index (κ1) is 12.0. The van der Waals surface area contributed by atoms with Crippen molar-refractivity contribution in [3.05, 3.63) is 52.3 Å². The Bertz CT molecular complexity index is 631. The number of carboxylic acid groups (broad SMARTS) is 1. The fourth-order valence-corrected chi connectivity index (χ4v) is 2.98. The number of aromatic nitrogens is 2. The second-order valence-electron chi connectivity index (χ2n) is 5.13. The van der Waals surface area contributed by atoms with Crippen LogP contribution in [0.2, 0.25) is 0 Å². The van der Waals surface area contributed by atoms with Gasteiger partial charge < -0.3 is 5.11 Å². The summed E-state index contributed by atoms with van der Waals surface area (Å²) >= 11 is 0. The lowest BCUT2D eigenvalue weighted by Crippen LogP contribution is -2.15. The highest BCUT2D eigenvalue weighted by Gasteiger charge is 2.27. The molecule has 0 radical (unpaired) electrons. The summed E-state index contributed by atoms with van der Waals surface area (Å²) in [5.74, 6) is -0.549. The monoisotopic (exact) mass is 256 g/mol. The van der Waals surface area contributed by atoms with Crippen LogP contribution in [0, 0.1) is 6.92 Å². The number of carbonyl (C=O) groups is 1. The number of aryl methyl sites for hydroxylation is 2. The molecule has 0 aliphatic heterocycles. The van der Waals surface area contributed by atoms with Crippen LogP contribution in [0.3, 0.4) is 0 Å². The number of aromatic amines is 1. The third-order valence-electron chi connectivity index (χ3n) is 3.98. The van der Waals surface area contributed by atoms with Gasteiger partial charge >= 0.3 is 5.97 Å². The van der Waals surface area contributed by atoms with Crippen LogP contribution >= 0.6 is 0 Å². The average molecular weight is 256 g/mol. The molecule has 3 rings (SSSR count). The summed E-state index contributed by atoms with van der Waals surface area (Å²) in [5, 5.41) is 15.9. The van der Waals surface area contributed by atoms with E-state index in [1.807, 2.05) is 12.1 Å². The lowest BCUT2D eigenvalue weighted by Gasteiger charge is -2.23. The van der Waals surface area contributed by atoms with Crippen molar-refractivity contribution in [1.82, 2.24) is 10.2 Å². The molecule has 0 saturated heterocycles. The molecule has 1 atom stereocenters. The maximum absolute atomic E-state index is 11.2. The molecule has 19 heavy (non-hydrogen) atoms. The SMILES string of the molecule is Cc1ccccc1C1CCc2[nH]nc(C(=O)O)c2C1. The molecule has 98 valence electrons. The van der Waals surface area contributed by atoms with Crippen LogP contribution in [-0.4, -0.2) is 21.3 Å². The van der Waals surface area contributed by atoms with Gasteiger partial charge in [-0.2, -0.15) is 5.10 Å². The van der Waals surface area contributed by atoms with E-state index in [-0.39, 0.29) is 5.69 Å². The van der Waals surface area contributed by atoms with E-state index < -0.39 is 5.97 Å². The van der Waals surface area contributed by atoms with Gasteiger partial charge in [-0.25, -0.2) is 4.79 Å².